The van der Waals surface area contributed by atoms with Gasteiger partial charge in [0.25, 0.3) is 0 Å². The molecule has 1 aliphatic carbocycles. The van der Waals surface area contributed by atoms with Crippen LogP contribution in [0.5, 0.6) is 0 Å². The van der Waals surface area contributed by atoms with Gasteiger partial charge in [0.05, 0.1) is 4.88 Å². The second-order valence-corrected chi connectivity index (χ2v) is 5.60. The lowest BCUT2D eigenvalue weighted by Gasteiger charge is -2.19. The summed E-state index contributed by atoms with van der Waals surface area (Å²) < 4.78 is 0. The molecule has 3 rings (SSSR count). The van der Waals surface area contributed by atoms with Crippen LogP contribution in [0.4, 0.5) is 0 Å². The van der Waals surface area contributed by atoms with Gasteiger partial charge in [-0.05, 0) is 28.6 Å². The Morgan fingerprint density at radius 3 is 2.93 bits per heavy atom. The summed E-state index contributed by atoms with van der Waals surface area (Å²) in [5, 5.41) is 3.90. The molecule has 0 fully saturated rings. The van der Waals surface area contributed by atoms with E-state index in [1.54, 1.807) is 11.3 Å². The predicted molar refractivity (Wildman–Crippen MR) is 64.6 cm³/mol. The number of hydrogen-bond acceptors (Lipinski definition) is 1. The SMILES string of the molecule is CC1(C)c2c#csc2-c2ccc(Cl)cc21. The molecule has 0 saturated carbocycles. The summed E-state index contributed by atoms with van der Waals surface area (Å²) in [5.41, 5.74) is 3.87. The van der Waals surface area contributed by atoms with E-state index in [9.17, 15) is 0 Å². The van der Waals surface area contributed by atoms with Gasteiger partial charge in [-0.15, -0.1) is 0 Å². The highest BCUT2D eigenvalue weighted by molar-refractivity contribution is 7.12. The van der Waals surface area contributed by atoms with Gasteiger partial charge in [-0.2, -0.15) is 0 Å². The zero-order valence-electron chi connectivity index (χ0n) is 8.52. The molecule has 1 heterocycles. The zero-order chi connectivity index (χ0) is 10.6. The van der Waals surface area contributed by atoms with Crippen LogP contribution >= 0.6 is 22.9 Å². The van der Waals surface area contributed by atoms with Crippen LogP contribution < -0.4 is 0 Å². The number of rotatable bonds is 0. The minimum atomic E-state index is 0.0199. The van der Waals surface area contributed by atoms with E-state index in [2.05, 4.69) is 37.4 Å². The van der Waals surface area contributed by atoms with Gasteiger partial charge in [-0.1, -0.05) is 48.9 Å². The smallest absolute Gasteiger partial charge is 0.0560 e. The van der Waals surface area contributed by atoms with Crippen molar-refractivity contribution in [3.8, 4) is 10.4 Å². The molecule has 0 aliphatic heterocycles. The molecule has 15 heavy (non-hydrogen) atoms. The first-order chi connectivity index (χ1) is 7.10. The maximum Gasteiger partial charge on any atom is 0.0560 e. The largest absolute Gasteiger partial charge is 0.0843 e. The third-order valence-corrected chi connectivity index (χ3v) is 4.15. The molecule has 0 N–H and O–H groups in total. The quantitative estimate of drug-likeness (QED) is 0.635. The first kappa shape index (κ1) is 9.27. The van der Waals surface area contributed by atoms with Gasteiger partial charge in [-0.3, -0.25) is 0 Å². The first-order valence-electron chi connectivity index (χ1n) is 4.84. The van der Waals surface area contributed by atoms with Crippen LogP contribution in [0.15, 0.2) is 18.2 Å². The van der Waals surface area contributed by atoms with E-state index in [1.165, 1.54) is 21.6 Å². The Kier molecular flexibility index (Phi) is 1.72. The van der Waals surface area contributed by atoms with Gasteiger partial charge >= 0.3 is 0 Å². The molecule has 1 aromatic heterocycles. The fourth-order valence-electron chi connectivity index (χ4n) is 2.23. The number of hydrogen-bond donors (Lipinski definition) is 0. The van der Waals surface area contributed by atoms with E-state index in [4.69, 9.17) is 11.6 Å². The number of fused-ring (bicyclic) bond motifs is 3. The molecule has 0 unspecified atom stereocenters. The lowest BCUT2D eigenvalue weighted by Crippen LogP contribution is -2.14. The number of halogens is 1. The summed E-state index contributed by atoms with van der Waals surface area (Å²) in [5.74, 6) is 0. The van der Waals surface area contributed by atoms with Gasteiger partial charge in [0.2, 0.25) is 0 Å². The van der Waals surface area contributed by atoms with Gasteiger partial charge in [0.15, 0.2) is 0 Å². The van der Waals surface area contributed by atoms with E-state index in [1.807, 2.05) is 6.07 Å². The summed E-state index contributed by atoms with van der Waals surface area (Å²) in [6.45, 7) is 4.43. The normalized spacial score (nSPS) is 15.7. The Labute approximate surface area is 98.5 Å². The van der Waals surface area contributed by atoms with E-state index in [0.717, 1.165) is 5.02 Å². The van der Waals surface area contributed by atoms with Gasteiger partial charge in [0, 0.05) is 16.0 Å². The molecular weight excluding hydrogens is 224 g/mol. The second-order valence-electron chi connectivity index (χ2n) is 4.35. The zero-order valence-corrected chi connectivity index (χ0v) is 10.1. The molecule has 2 heteroatoms. The van der Waals surface area contributed by atoms with E-state index < -0.39 is 0 Å². The summed E-state index contributed by atoms with van der Waals surface area (Å²) in [4.78, 5) is 1.30. The predicted octanol–water partition coefficient (Wildman–Crippen LogP) is 4.31. The minimum absolute atomic E-state index is 0.0199. The fraction of sp³-hybridized carbons (Fsp3) is 0.231. The van der Waals surface area contributed by atoms with Crippen LogP contribution in [0, 0.1) is 11.4 Å². The Bertz CT molecular complexity index is 537. The van der Waals surface area contributed by atoms with Crippen molar-refractivity contribution in [1.29, 1.82) is 0 Å². The third-order valence-electron chi connectivity index (χ3n) is 3.08. The van der Waals surface area contributed by atoms with Crippen LogP contribution in [-0.4, -0.2) is 0 Å². The molecule has 0 saturated heterocycles. The number of benzene rings is 1. The molecule has 0 spiro atoms. The highest BCUT2D eigenvalue weighted by Crippen LogP contribution is 2.50. The summed E-state index contributed by atoms with van der Waals surface area (Å²) in [7, 11) is 0. The van der Waals surface area contributed by atoms with Crippen LogP contribution in [0.2, 0.25) is 5.02 Å². The molecule has 0 radical (unpaired) electrons. The van der Waals surface area contributed by atoms with Crippen molar-refractivity contribution in [2.24, 2.45) is 0 Å². The van der Waals surface area contributed by atoms with Crippen LogP contribution in [0.1, 0.15) is 25.0 Å². The highest BCUT2D eigenvalue weighted by Gasteiger charge is 2.36. The summed E-state index contributed by atoms with van der Waals surface area (Å²) >= 11 is 7.69. The van der Waals surface area contributed by atoms with Crippen molar-refractivity contribution in [3.63, 3.8) is 0 Å². The Balaban J connectivity index is 2.39. The van der Waals surface area contributed by atoms with Crippen LogP contribution in [0.25, 0.3) is 10.4 Å². The Hall–Kier alpha value is -0.970. The molecular formula is C13H9ClS. The molecule has 0 atom stereocenters. The lowest BCUT2D eigenvalue weighted by atomic mass is 9.83. The van der Waals surface area contributed by atoms with Crippen molar-refractivity contribution in [2.45, 2.75) is 19.3 Å². The maximum atomic E-state index is 6.05. The van der Waals surface area contributed by atoms with Crippen LogP contribution in [-0.2, 0) is 5.41 Å². The van der Waals surface area contributed by atoms with Crippen molar-refractivity contribution in [1.82, 2.24) is 0 Å². The summed E-state index contributed by atoms with van der Waals surface area (Å²) in [6.07, 6.45) is 0. The van der Waals surface area contributed by atoms with E-state index in [0.29, 0.717) is 0 Å². The fourth-order valence-corrected chi connectivity index (χ4v) is 3.35. The van der Waals surface area contributed by atoms with Gasteiger partial charge < -0.3 is 0 Å². The van der Waals surface area contributed by atoms with E-state index in [-0.39, 0.29) is 5.41 Å². The average molecular weight is 233 g/mol. The highest BCUT2D eigenvalue weighted by atomic mass is 35.5. The third kappa shape index (κ3) is 1.10. The standard InChI is InChI=1S/C13H9ClS/c1-13(2)10-5-6-15-12(10)9-4-3-8(14)7-11(9)13/h3-4,7H,1-2H3. The molecule has 1 aliphatic rings. The average Bonchev–Trinajstić information content (AvgIpc) is 2.72. The van der Waals surface area contributed by atoms with Crippen molar-refractivity contribution in [3.05, 3.63) is 45.8 Å². The second kappa shape index (κ2) is 2.78. The maximum absolute atomic E-state index is 6.05. The minimum Gasteiger partial charge on any atom is -0.0843 e. The van der Waals surface area contributed by atoms with Crippen molar-refractivity contribution in [2.75, 3.05) is 0 Å². The molecule has 0 bridgehead atoms. The molecule has 1 aromatic carbocycles. The van der Waals surface area contributed by atoms with Crippen LogP contribution in [0.3, 0.4) is 0 Å². The molecule has 2 aromatic rings. The molecule has 0 nitrogen and oxygen atoms in total. The topological polar surface area (TPSA) is 0 Å². The van der Waals surface area contributed by atoms with Crippen molar-refractivity contribution < 1.29 is 0 Å². The van der Waals surface area contributed by atoms with Crippen molar-refractivity contribution >= 4 is 22.9 Å². The monoisotopic (exact) mass is 232 g/mol. The molecule has 74 valence electrons. The molecule has 0 amide bonds. The first-order valence-corrected chi connectivity index (χ1v) is 6.03. The lowest BCUT2D eigenvalue weighted by molar-refractivity contribution is 0.662. The Morgan fingerprint density at radius 2 is 2.13 bits per heavy atom. The van der Waals surface area contributed by atoms with Gasteiger partial charge in [-0.25, -0.2) is 0 Å². The Morgan fingerprint density at radius 1 is 1.33 bits per heavy atom. The summed E-state index contributed by atoms with van der Waals surface area (Å²) in [6, 6.07) is 9.34. The van der Waals surface area contributed by atoms with E-state index >= 15 is 0 Å². The van der Waals surface area contributed by atoms with Gasteiger partial charge in [0.1, 0.15) is 0 Å².